The molecule has 2 aliphatic rings. The molecule has 9 heteroatoms. The maximum Gasteiger partial charge on any atom is 0.254 e. The van der Waals surface area contributed by atoms with Crippen LogP contribution in [0.5, 0.6) is 0 Å². The molecule has 0 aromatic heterocycles. The van der Waals surface area contributed by atoms with Gasteiger partial charge in [0.1, 0.15) is 11.4 Å². The Morgan fingerprint density at radius 3 is 2.35 bits per heavy atom. The topological polar surface area (TPSA) is 104 Å². The summed E-state index contributed by atoms with van der Waals surface area (Å²) in [6.45, 7) is 4.12. The predicted molar refractivity (Wildman–Crippen MR) is 130 cm³/mol. The summed E-state index contributed by atoms with van der Waals surface area (Å²) in [5.74, 6) is -0.946. The molecule has 1 fully saturated rings. The van der Waals surface area contributed by atoms with Crippen molar-refractivity contribution in [2.75, 3.05) is 50.6 Å². The van der Waals surface area contributed by atoms with Gasteiger partial charge in [-0.25, -0.2) is 8.42 Å². The van der Waals surface area contributed by atoms with E-state index in [4.69, 9.17) is 4.74 Å². The molecule has 1 saturated heterocycles. The highest BCUT2D eigenvalue weighted by molar-refractivity contribution is 7.92. The third-order valence-corrected chi connectivity index (χ3v) is 9.04. The van der Waals surface area contributed by atoms with Crippen LogP contribution in [0.1, 0.15) is 29.3 Å². The van der Waals surface area contributed by atoms with E-state index >= 15 is 0 Å². The Bertz CT molecular complexity index is 1190. The average molecular weight is 487 g/mol. The number of benzene rings is 2. The number of carbonyl (C=O) groups excluding carboxylic acids is 2. The number of amides is 1. The van der Waals surface area contributed by atoms with Crippen LogP contribution in [0, 0.1) is 0 Å². The summed E-state index contributed by atoms with van der Waals surface area (Å²) in [6.07, 6.45) is 0.915. The molecule has 0 spiro atoms. The Kier molecular flexibility index (Phi) is 6.80. The Balaban J connectivity index is 1.48. The fourth-order valence-corrected chi connectivity index (χ4v) is 5.41. The fraction of sp³-hybridized carbons (Fsp3) is 0.440. The minimum atomic E-state index is -3.76. The summed E-state index contributed by atoms with van der Waals surface area (Å²) in [4.78, 5) is 28.9. The van der Waals surface area contributed by atoms with E-state index < -0.39 is 27.0 Å². The van der Waals surface area contributed by atoms with Gasteiger partial charge in [0.05, 0.1) is 13.2 Å². The third kappa shape index (κ3) is 4.60. The molecule has 0 saturated carbocycles. The second-order valence-corrected chi connectivity index (χ2v) is 11.5. The fourth-order valence-electron chi connectivity index (χ4n) is 4.47. The van der Waals surface area contributed by atoms with Crippen molar-refractivity contribution in [1.29, 1.82) is 0 Å². The van der Waals surface area contributed by atoms with Crippen LogP contribution in [0.4, 0.5) is 5.69 Å². The van der Waals surface area contributed by atoms with Crippen LogP contribution in [0.3, 0.4) is 0 Å². The molecule has 0 radical (unpaired) electrons. The van der Waals surface area contributed by atoms with Crippen molar-refractivity contribution in [2.24, 2.45) is 0 Å². The molecule has 2 aliphatic heterocycles. The van der Waals surface area contributed by atoms with Crippen LogP contribution < -0.4 is 4.90 Å². The molecule has 2 aromatic rings. The number of sulfone groups is 1. The zero-order chi connectivity index (χ0) is 24.5. The quantitative estimate of drug-likeness (QED) is 0.608. The Labute approximate surface area is 200 Å². The number of morpholine rings is 1. The number of fused-ring (bicyclic) bond motifs is 1. The highest BCUT2D eigenvalue weighted by atomic mass is 32.2. The molecule has 8 nitrogen and oxygen atoms in total. The maximum absolute atomic E-state index is 12.9. The van der Waals surface area contributed by atoms with Gasteiger partial charge in [-0.3, -0.25) is 9.59 Å². The minimum absolute atomic E-state index is 0.0686. The first-order valence-electron chi connectivity index (χ1n) is 11.3. The van der Waals surface area contributed by atoms with E-state index in [1.54, 1.807) is 11.0 Å². The number of rotatable bonds is 8. The van der Waals surface area contributed by atoms with Crippen molar-refractivity contribution in [3.8, 4) is 11.1 Å². The maximum atomic E-state index is 12.9. The highest BCUT2D eigenvalue weighted by Crippen LogP contribution is 2.31. The Morgan fingerprint density at radius 2 is 1.74 bits per heavy atom. The number of hydrogen-bond donors (Lipinski definition) is 1. The van der Waals surface area contributed by atoms with Gasteiger partial charge in [0.2, 0.25) is 0 Å². The molecule has 182 valence electrons. The van der Waals surface area contributed by atoms with E-state index in [-0.39, 0.29) is 18.9 Å². The van der Waals surface area contributed by atoms with Gasteiger partial charge in [0, 0.05) is 43.7 Å². The summed E-state index contributed by atoms with van der Waals surface area (Å²) >= 11 is 0. The summed E-state index contributed by atoms with van der Waals surface area (Å²) < 4.78 is 28.2. The molecule has 34 heavy (non-hydrogen) atoms. The Morgan fingerprint density at radius 1 is 1.09 bits per heavy atom. The molecule has 4 rings (SSSR count). The lowest BCUT2D eigenvalue weighted by molar-refractivity contribution is -0.124. The third-order valence-electron chi connectivity index (χ3n) is 6.97. The van der Waals surface area contributed by atoms with Gasteiger partial charge in [-0.15, -0.1) is 0 Å². The van der Waals surface area contributed by atoms with Gasteiger partial charge in [-0.2, -0.15) is 0 Å². The number of nitrogens with zero attached hydrogens (tertiary/aromatic N) is 2. The van der Waals surface area contributed by atoms with E-state index in [1.165, 1.54) is 6.92 Å². The zero-order valence-electron chi connectivity index (χ0n) is 19.5. The standard InChI is InChI=1S/C25H30N2O6S/c1-25(23(29)17-28,34(2,31)32)9-10-27-16-20-15-19(5-8-22(20)24(27)30)18-3-6-21(7-4-18)26-11-13-33-14-12-26/h3-8,15,28H,9-14,16-17H2,1-2H3/t25-/m1/s1. The monoisotopic (exact) mass is 486 g/mol. The zero-order valence-corrected chi connectivity index (χ0v) is 20.3. The SMILES string of the molecule is C[C@@](CCN1Cc2cc(-c3ccc(N4CCOCC4)cc3)ccc2C1=O)(C(=O)CO)S(C)(=O)=O. The average Bonchev–Trinajstić information content (AvgIpc) is 3.16. The number of aliphatic hydroxyl groups excluding tert-OH is 1. The molecule has 2 heterocycles. The van der Waals surface area contributed by atoms with E-state index in [0.717, 1.165) is 54.9 Å². The smallest absolute Gasteiger partial charge is 0.254 e. The number of aliphatic hydroxyl groups is 1. The van der Waals surface area contributed by atoms with Gasteiger partial charge >= 0.3 is 0 Å². The lowest BCUT2D eigenvalue weighted by Crippen LogP contribution is -2.47. The molecule has 1 atom stereocenters. The molecule has 1 amide bonds. The second kappa shape index (κ2) is 9.48. The van der Waals surface area contributed by atoms with Crippen molar-refractivity contribution in [1.82, 2.24) is 4.90 Å². The van der Waals surface area contributed by atoms with E-state index in [1.807, 2.05) is 12.1 Å². The van der Waals surface area contributed by atoms with E-state index in [0.29, 0.717) is 12.1 Å². The van der Waals surface area contributed by atoms with Crippen LogP contribution in [-0.4, -0.2) is 80.6 Å². The van der Waals surface area contributed by atoms with Gasteiger partial charge in [-0.05, 0) is 54.3 Å². The van der Waals surface area contributed by atoms with E-state index in [2.05, 4.69) is 29.2 Å². The number of anilines is 1. The van der Waals surface area contributed by atoms with Crippen molar-refractivity contribution >= 4 is 27.2 Å². The van der Waals surface area contributed by atoms with Crippen LogP contribution in [0.15, 0.2) is 42.5 Å². The summed E-state index contributed by atoms with van der Waals surface area (Å²) in [5.41, 5.74) is 4.65. The first-order valence-corrected chi connectivity index (χ1v) is 13.2. The van der Waals surface area contributed by atoms with Crippen LogP contribution >= 0.6 is 0 Å². The van der Waals surface area contributed by atoms with Gasteiger partial charge < -0.3 is 19.6 Å². The summed E-state index contributed by atoms with van der Waals surface area (Å²) in [6, 6.07) is 14.0. The van der Waals surface area contributed by atoms with Gasteiger partial charge in [0.25, 0.3) is 5.91 Å². The van der Waals surface area contributed by atoms with Crippen molar-refractivity contribution < 1.29 is 27.9 Å². The summed E-state index contributed by atoms with van der Waals surface area (Å²) in [7, 11) is -3.76. The van der Waals surface area contributed by atoms with Crippen molar-refractivity contribution in [3.63, 3.8) is 0 Å². The van der Waals surface area contributed by atoms with Crippen LogP contribution in [0.25, 0.3) is 11.1 Å². The first-order chi connectivity index (χ1) is 16.1. The van der Waals surface area contributed by atoms with Gasteiger partial charge in [0.15, 0.2) is 15.6 Å². The van der Waals surface area contributed by atoms with Crippen LogP contribution in [-0.2, 0) is 25.9 Å². The largest absolute Gasteiger partial charge is 0.389 e. The molecule has 1 N–H and O–H groups in total. The summed E-state index contributed by atoms with van der Waals surface area (Å²) in [5, 5.41) is 9.25. The second-order valence-electron chi connectivity index (χ2n) is 9.08. The van der Waals surface area contributed by atoms with Crippen molar-refractivity contribution in [3.05, 3.63) is 53.6 Å². The lowest BCUT2D eigenvalue weighted by Gasteiger charge is -2.28. The molecule has 0 aliphatic carbocycles. The number of carbonyl (C=O) groups is 2. The molecular formula is C25H30N2O6S. The Hall–Kier alpha value is -2.75. The predicted octanol–water partition coefficient (Wildman–Crippen LogP) is 1.90. The molecular weight excluding hydrogens is 456 g/mol. The normalized spacial score (nSPS) is 18.0. The number of Topliss-reactive ketones (excluding diaryl/α,β-unsaturated/α-hetero) is 1. The van der Waals surface area contributed by atoms with Crippen LogP contribution in [0.2, 0.25) is 0 Å². The van der Waals surface area contributed by atoms with Gasteiger partial charge in [-0.1, -0.05) is 18.2 Å². The highest BCUT2D eigenvalue weighted by Gasteiger charge is 2.43. The first kappa shape index (κ1) is 24.4. The number of hydrogen-bond acceptors (Lipinski definition) is 7. The van der Waals surface area contributed by atoms with E-state index in [9.17, 15) is 23.1 Å². The number of ketones is 1. The minimum Gasteiger partial charge on any atom is -0.389 e. The number of ether oxygens (including phenoxy) is 1. The molecule has 2 aromatic carbocycles. The molecule has 0 bridgehead atoms. The molecule has 0 unspecified atom stereocenters. The lowest BCUT2D eigenvalue weighted by atomic mass is 10.00. The van der Waals surface area contributed by atoms with Crippen molar-refractivity contribution in [2.45, 2.75) is 24.6 Å².